The minimum atomic E-state index is -0.984. The number of methoxy groups -OCH3 is 1. The molecule has 0 amide bonds. The predicted molar refractivity (Wildman–Crippen MR) is 205 cm³/mol. The number of carbonyl (C=O) groups is 2. The number of aromatic nitrogens is 1. The molecule has 0 unspecified atom stereocenters. The van der Waals surface area contributed by atoms with E-state index in [1.165, 1.54) is 23.8 Å². The van der Waals surface area contributed by atoms with Gasteiger partial charge in [-0.05, 0) is 88.4 Å². The van der Waals surface area contributed by atoms with Crippen molar-refractivity contribution in [2.75, 3.05) is 26.9 Å². The number of rotatable bonds is 13. The Hall–Kier alpha value is -5.80. The molecule has 15 heteroatoms. The summed E-state index contributed by atoms with van der Waals surface area (Å²) in [4.78, 5) is 56.2. The lowest BCUT2D eigenvalue weighted by Gasteiger charge is -2.25. The van der Waals surface area contributed by atoms with Gasteiger partial charge in [0.2, 0.25) is 5.75 Å². The first-order valence-corrected chi connectivity index (χ1v) is 18.4. The first-order chi connectivity index (χ1) is 26.0. The van der Waals surface area contributed by atoms with Crippen LogP contribution < -0.4 is 29.1 Å². The lowest BCUT2D eigenvalue weighted by atomic mass is 9.95. The molecule has 0 fully saturated rings. The Labute approximate surface area is 321 Å². The summed E-state index contributed by atoms with van der Waals surface area (Å²) >= 11 is 4.53. The van der Waals surface area contributed by atoms with Crippen LogP contribution in [-0.4, -0.2) is 48.4 Å². The molecule has 0 radical (unpaired) electrons. The van der Waals surface area contributed by atoms with Crippen molar-refractivity contribution in [1.29, 1.82) is 0 Å². The number of fused-ring (bicyclic) bond motifs is 2. The summed E-state index contributed by atoms with van der Waals surface area (Å²) in [6, 6.07) is 20.5. The van der Waals surface area contributed by atoms with E-state index in [-0.39, 0.29) is 59.5 Å². The number of ether oxygens (including phenoxy) is 5. The van der Waals surface area contributed by atoms with Crippen molar-refractivity contribution >= 4 is 61.7 Å². The number of thiazole rings is 1. The zero-order valence-electron chi connectivity index (χ0n) is 29.6. The van der Waals surface area contributed by atoms with E-state index in [4.69, 9.17) is 18.9 Å². The number of hydrogen-bond acceptors (Lipinski definition) is 12. The predicted octanol–water partition coefficient (Wildman–Crippen LogP) is 6.15. The van der Waals surface area contributed by atoms with Gasteiger partial charge >= 0.3 is 17.6 Å². The van der Waals surface area contributed by atoms with Crippen molar-refractivity contribution in [3.05, 3.63) is 135 Å². The summed E-state index contributed by atoms with van der Waals surface area (Å²) in [5.74, 6) is -0.657. The molecule has 0 spiro atoms. The second kappa shape index (κ2) is 16.5. The molecule has 1 atom stereocenters. The molecule has 278 valence electrons. The van der Waals surface area contributed by atoms with Crippen LogP contribution >= 0.6 is 27.3 Å². The van der Waals surface area contributed by atoms with Crippen molar-refractivity contribution in [3.8, 4) is 17.2 Å². The fourth-order valence-corrected chi connectivity index (χ4v) is 7.69. The van der Waals surface area contributed by atoms with E-state index in [0.717, 1.165) is 27.7 Å². The molecule has 54 heavy (non-hydrogen) atoms. The monoisotopic (exact) mass is 815 g/mol. The fourth-order valence-electron chi connectivity index (χ4n) is 6.07. The molecular weight excluding hydrogens is 782 g/mol. The summed E-state index contributed by atoms with van der Waals surface area (Å²) < 4.78 is 29.5. The minimum absolute atomic E-state index is 0.0466. The third kappa shape index (κ3) is 7.77. The molecule has 0 bridgehead atoms. The number of nitrogens with zero attached hydrogens (tertiary/aromatic N) is 3. The number of halogens is 1. The SMILES string of the molecule is CCOC(=O)C1=C(C)N=c2s/c(=C/c3cc(Br)c(OCc4cccc5ccccc45)c([N+](=O)[O-])c3)c(=O)n2[C@@H]1c1ccc(OCC(=O)OC)c(OCC)c1. The van der Waals surface area contributed by atoms with Gasteiger partial charge in [0.1, 0.15) is 6.61 Å². The second-order valence-electron chi connectivity index (χ2n) is 11.8. The molecule has 2 heterocycles. The van der Waals surface area contributed by atoms with E-state index < -0.39 is 28.5 Å². The Morgan fingerprint density at radius 2 is 1.78 bits per heavy atom. The van der Waals surface area contributed by atoms with Crippen LogP contribution in [0.25, 0.3) is 16.8 Å². The molecule has 0 saturated carbocycles. The van der Waals surface area contributed by atoms with E-state index in [1.54, 1.807) is 45.0 Å². The Morgan fingerprint density at radius 3 is 2.52 bits per heavy atom. The summed E-state index contributed by atoms with van der Waals surface area (Å²) in [5.41, 5.74) is 1.43. The van der Waals surface area contributed by atoms with Gasteiger partial charge in [0, 0.05) is 6.07 Å². The van der Waals surface area contributed by atoms with Gasteiger partial charge in [-0.2, -0.15) is 0 Å². The molecule has 4 aromatic carbocycles. The number of carbonyl (C=O) groups excluding carboxylic acids is 2. The molecule has 0 saturated heterocycles. The third-order valence-electron chi connectivity index (χ3n) is 8.47. The van der Waals surface area contributed by atoms with Gasteiger partial charge < -0.3 is 23.7 Å². The maximum atomic E-state index is 14.3. The molecule has 13 nitrogen and oxygen atoms in total. The normalized spacial score (nSPS) is 13.9. The lowest BCUT2D eigenvalue weighted by Crippen LogP contribution is -2.40. The standard InChI is InChI=1S/C39H34BrN3O10S/c1-5-50-31-19-25(14-15-30(31)52-21-33(44)49-4)35-34(38(46)51-6-2)22(3)41-39-42(35)37(45)32(54-39)18-23-16-28(40)36(29(17-23)43(47)48)53-20-26-12-9-11-24-10-7-8-13-27(24)26/h7-19,35H,5-6,20-21H2,1-4H3/b32-18+/t35-/m1/s1. The molecular formula is C39H34BrN3O10S. The average molecular weight is 817 g/mol. The average Bonchev–Trinajstić information content (AvgIpc) is 3.46. The minimum Gasteiger partial charge on any atom is -0.490 e. The zero-order valence-corrected chi connectivity index (χ0v) is 32.0. The lowest BCUT2D eigenvalue weighted by molar-refractivity contribution is -0.386. The summed E-state index contributed by atoms with van der Waals surface area (Å²) in [7, 11) is 1.25. The highest BCUT2D eigenvalue weighted by Crippen LogP contribution is 2.39. The molecule has 1 aliphatic rings. The Kier molecular flexibility index (Phi) is 11.6. The molecule has 0 N–H and O–H groups in total. The highest BCUT2D eigenvalue weighted by atomic mass is 79.9. The van der Waals surface area contributed by atoms with E-state index >= 15 is 0 Å². The number of nitro groups is 1. The summed E-state index contributed by atoms with van der Waals surface area (Å²) in [6.45, 7) is 5.19. The zero-order chi connectivity index (χ0) is 38.5. The highest BCUT2D eigenvalue weighted by molar-refractivity contribution is 9.10. The smallest absolute Gasteiger partial charge is 0.343 e. The van der Waals surface area contributed by atoms with E-state index in [2.05, 4.69) is 25.7 Å². The van der Waals surface area contributed by atoms with Crippen molar-refractivity contribution in [2.45, 2.75) is 33.4 Å². The van der Waals surface area contributed by atoms with Crippen LogP contribution in [0.15, 0.2) is 98.3 Å². The van der Waals surface area contributed by atoms with Crippen LogP contribution in [0.5, 0.6) is 17.2 Å². The molecule has 0 aliphatic carbocycles. The molecule has 1 aliphatic heterocycles. The number of esters is 2. The number of allylic oxidation sites excluding steroid dienone is 1. The van der Waals surface area contributed by atoms with Gasteiger partial charge in [-0.25, -0.2) is 14.6 Å². The Bertz CT molecular complexity index is 2500. The Balaban J connectivity index is 1.42. The van der Waals surface area contributed by atoms with Crippen molar-refractivity contribution in [3.63, 3.8) is 0 Å². The van der Waals surface area contributed by atoms with Crippen LogP contribution in [0.1, 0.15) is 43.5 Å². The quantitative estimate of drug-likeness (QED) is 0.0767. The van der Waals surface area contributed by atoms with Crippen molar-refractivity contribution in [1.82, 2.24) is 4.57 Å². The Morgan fingerprint density at radius 1 is 1.00 bits per heavy atom. The van der Waals surface area contributed by atoms with Crippen LogP contribution in [-0.2, 0) is 25.7 Å². The van der Waals surface area contributed by atoms with Gasteiger partial charge in [0.05, 0.1) is 51.6 Å². The number of benzene rings is 4. The maximum absolute atomic E-state index is 14.3. The maximum Gasteiger partial charge on any atom is 0.343 e. The summed E-state index contributed by atoms with van der Waals surface area (Å²) in [6.07, 6.45) is 1.53. The van der Waals surface area contributed by atoms with Crippen molar-refractivity contribution < 1.29 is 38.2 Å². The van der Waals surface area contributed by atoms with Gasteiger partial charge in [-0.1, -0.05) is 59.9 Å². The van der Waals surface area contributed by atoms with Crippen LogP contribution in [0.4, 0.5) is 5.69 Å². The van der Waals surface area contributed by atoms with E-state index in [1.807, 2.05) is 42.5 Å². The van der Waals surface area contributed by atoms with Crippen molar-refractivity contribution in [2.24, 2.45) is 4.99 Å². The number of hydrogen-bond donors (Lipinski definition) is 0. The van der Waals surface area contributed by atoms with Gasteiger partial charge in [-0.3, -0.25) is 19.5 Å². The van der Waals surface area contributed by atoms with Gasteiger partial charge in [0.15, 0.2) is 22.9 Å². The largest absolute Gasteiger partial charge is 0.490 e. The van der Waals surface area contributed by atoms with E-state index in [9.17, 15) is 24.5 Å². The molecule has 1 aromatic heterocycles. The number of nitro benzene ring substituents is 1. The first kappa shape index (κ1) is 37.9. The van der Waals surface area contributed by atoms with Crippen LogP contribution in [0.3, 0.4) is 0 Å². The molecule has 5 aromatic rings. The highest BCUT2D eigenvalue weighted by Gasteiger charge is 2.34. The first-order valence-electron chi connectivity index (χ1n) is 16.8. The van der Waals surface area contributed by atoms with Gasteiger partial charge in [0.25, 0.3) is 5.56 Å². The fraction of sp³-hybridized carbons (Fsp3) is 0.231. The van der Waals surface area contributed by atoms with Crippen LogP contribution in [0.2, 0.25) is 0 Å². The molecule has 6 rings (SSSR count). The van der Waals surface area contributed by atoms with Crippen LogP contribution in [0, 0.1) is 10.1 Å². The topological polar surface area (TPSA) is 158 Å². The third-order valence-corrected chi connectivity index (χ3v) is 10.0. The van der Waals surface area contributed by atoms with Gasteiger partial charge in [-0.15, -0.1) is 0 Å². The second-order valence-corrected chi connectivity index (χ2v) is 13.7. The van der Waals surface area contributed by atoms with E-state index in [0.29, 0.717) is 26.1 Å². The summed E-state index contributed by atoms with van der Waals surface area (Å²) in [5, 5.41) is 14.3.